The van der Waals surface area contributed by atoms with E-state index in [9.17, 15) is 14.7 Å². The van der Waals surface area contributed by atoms with Crippen LogP contribution in [0.4, 0.5) is 5.69 Å². The molecule has 2 heterocycles. The van der Waals surface area contributed by atoms with Crippen LogP contribution >= 0.6 is 0 Å². The van der Waals surface area contributed by atoms with E-state index in [2.05, 4.69) is 20.2 Å². The molecule has 2 N–H and O–H groups in total. The van der Waals surface area contributed by atoms with E-state index in [1.165, 1.54) is 6.42 Å². The van der Waals surface area contributed by atoms with Gasteiger partial charge in [-0.1, -0.05) is 19.3 Å². The lowest BCUT2D eigenvalue weighted by atomic mass is 9.83. The number of aliphatic carboxylic acids is 1. The van der Waals surface area contributed by atoms with Crippen molar-refractivity contribution in [3.63, 3.8) is 0 Å². The van der Waals surface area contributed by atoms with Gasteiger partial charge in [0.2, 0.25) is 0 Å². The summed E-state index contributed by atoms with van der Waals surface area (Å²) in [4.78, 5) is 35.6. The highest BCUT2D eigenvalue weighted by Crippen LogP contribution is 2.40. The molecule has 1 unspecified atom stereocenters. The summed E-state index contributed by atoms with van der Waals surface area (Å²) >= 11 is 0. The van der Waals surface area contributed by atoms with Gasteiger partial charge in [-0.05, 0) is 37.8 Å². The molecule has 0 radical (unpaired) electrons. The molecule has 1 aliphatic heterocycles. The first-order valence-corrected chi connectivity index (χ1v) is 10.4. The fourth-order valence-corrected chi connectivity index (χ4v) is 4.36. The van der Waals surface area contributed by atoms with Crippen LogP contribution in [0.3, 0.4) is 0 Å². The van der Waals surface area contributed by atoms with Crippen LogP contribution in [-0.4, -0.2) is 59.3 Å². The lowest BCUT2D eigenvalue weighted by molar-refractivity contribution is -0.139. The molecule has 150 valence electrons. The van der Waals surface area contributed by atoms with E-state index in [0.29, 0.717) is 30.9 Å². The summed E-state index contributed by atoms with van der Waals surface area (Å²) in [6, 6.07) is 3.62. The van der Waals surface area contributed by atoms with Gasteiger partial charge in [-0.15, -0.1) is 0 Å². The number of Topliss-reactive ketones (excluding diaryl/α,β-unsaturated/α-hetero) is 1. The van der Waals surface area contributed by atoms with Crippen molar-refractivity contribution in [3.05, 3.63) is 24.0 Å². The Hall–Kier alpha value is -2.28. The molecule has 4 rings (SSSR count). The quantitative estimate of drug-likeness (QED) is 0.729. The van der Waals surface area contributed by atoms with Crippen molar-refractivity contribution in [3.8, 4) is 0 Å². The van der Waals surface area contributed by atoms with Crippen molar-refractivity contribution < 1.29 is 14.7 Å². The molecule has 1 aromatic heterocycles. The maximum Gasteiger partial charge on any atom is 0.331 e. The summed E-state index contributed by atoms with van der Waals surface area (Å²) in [5.41, 5.74) is 0.525. The minimum absolute atomic E-state index is 0.150. The van der Waals surface area contributed by atoms with Crippen molar-refractivity contribution in [2.45, 2.75) is 56.5 Å². The average molecular weight is 384 g/mol. The summed E-state index contributed by atoms with van der Waals surface area (Å²) in [6.45, 7) is 2.17. The van der Waals surface area contributed by atoms with Crippen LogP contribution in [0.2, 0.25) is 0 Å². The number of anilines is 1. The highest BCUT2D eigenvalue weighted by Gasteiger charge is 2.50. The molecule has 3 fully saturated rings. The number of aliphatic imine (C=N–C) groups is 1. The fraction of sp³-hybridized carbons (Fsp3) is 0.619. The number of rotatable bonds is 6. The number of hydrogen-bond acceptors (Lipinski definition) is 6. The highest BCUT2D eigenvalue weighted by molar-refractivity contribution is 5.94. The first-order valence-electron chi connectivity index (χ1n) is 10.4. The number of aromatic nitrogens is 1. The molecule has 0 aromatic carbocycles. The standard InChI is InChI=1S/C21H28N4O3/c26-19(15-5-2-1-3-6-15)18-14-22-11-12-25(18)17-7-4-10-23-16(17)13-24-21(8-9-21)20(27)28/h4,7,10,13,15,18,22H,1-3,5-6,8-9,11-12,14H2,(H,27,28). The maximum absolute atomic E-state index is 13.3. The first kappa shape index (κ1) is 19.1. The molecule has 1 aromatic rings. The van der Waals surface area contributed by atoms with Gasteiger partial charge >= 0.3 is 5.97 Å². The van der Waals surface area contributed by atoms with Crippen molar-refractivity contribution in [2.24, 2.45) is 10.9 Å². The van der Waals surface area contributed by atoms with Gasteiger partial charge in [0.05, 0.1) is 11.9 Å². The normalized spacial score (nSPS) is 25.0. The third-order valence-electron chi connectivity index (χ3n) is 6.26. The number of nitrogens with zero attached hydrogens (tertiary/aromatic N) is 3. The van der Waals surface area contributed by atoms with Gasteiger partial charge in [0, 0.05) is 31.7 Å². The number of carbonyl (C=O) groups excluding carboxylic acids is 1. The molecular weight excluding hydrogens is 356 g/mol. The molecule has 7 heteroatoms. The molecule has 1 atom stereocenters. The predicted molar refractivity (Wildman–Crippen MR) is 107 cm³/mol. The van der Waals surface area contributed by atoms with E-state index in [0.717, 1.165) is 44.5 Å². The smallest absolute Gasteiger partial charge is 0.331 e. The van der Waals surface area contributed by atoms with E-state index in [4.69, 9.17) is 0 Å². The Morgan fingerprint density at radius 1 is 1.29 bits per heavy atom. The Morgan fingerprint density at radius 3 is 2.79 bits per heavy atom. The van der Waals surface area contributed by atoms with Crippen molar-refractivity contribution in [1.82, 2.24) is 10.3 Å². The second-order valence-electron chi connectivity index (χ2n) is 8.15. The zero-order valence-electron chi connectivity index (χ0n) is 16.1. The monoisotopic (exact) mass is 384 g/mol. The number of nitrogens with one attached hydrogen (secondary N) is 1. The summed E-state index contributed by atoms with van der Waals surface area (Å²) in [6.07, 6.45) is 9.89. The summed E-state index contributed by atoms with van der Waals surface area (Å²) < 4.78 is 0. The lowest BCUT2D eigenvalue weighted by Crippen LogP contribution is -2.57. The highest BCUT2D eigenvalue weighted by atomic mass is 16.4. The molecule has 28 heavy (non-hydrogen) atoms. The summed E-state index contributed by atoms with van der Waals surface area (Å²) in [7, 11) is 0. The Kier molecular flexibility index (Phi) is 5.44. The number of carbonyl (C=O) groups is 2. The molecule has 0 spiro atoms. The van der Waals surface area contributed by atoms with Gasteiger partial charge in [0.25, 0.3) is 0 Å². The van der Waals surface area contributed by atoms with Crippen LogP contribution in [0.15, 0.2) is 23.3 Å². The van der Waals surface area contributed by atoms with Crippen LogP contribution in [0.5, 0.6) is 0 Å². The van der Waals surface area contributed by atoms with E-state index < -0.39 is 11.5 Å². The van der Waals surface area contributed by atoms with Gasteiger partial charge in [-0.2, -0.15) is 0 Å². The molecular formula is C21H28N4O3. The number of ketones is 1. The third-order valence-corrected chi connectivity index (χ3v) is 6.26. The van der Waals surface area contributed by atoms with Gasteiger partial charge in [-0.3, -0.25) is 14.8 Å². The largest absolute Gasteiger partial charge is 0.479 e. The van der Waals surface area contributed by atoms with E-state index in [1.54, 1.807) is 12.4 Å². The average Bonchev–Trinajstić information content (AvgIpc) is 3.54. The van der Waals surface area contributed by atoms with E-state index in [-0.39, 0.29) is 12.0 Å². The number of carboxylic acid groups (broad SMARTS) is 1. The summed E-state index contributed by atoms with van der Waals surface area (Å²) in [5.74, 6) is -0.409. The van der Waals surface area contributed by atoms with Crippen LogP contribution in [0.1, 0.15) is 50.6 Å². The number of hydrogen-bond donors (Lipinski definition) is 2. The van der Waals surface area contributed by atoms with Gasteiger partial charge in [-0.25, -0.2) is 4.79 Å². The molecule has 3 aliphatic rings. The van der Waals surface area contributed by atoms with Gasteiger partial charge in [0.15, 0.2) is 11.3 Å². The molecule has 0 bridgehead atoms. The Balaban J connectivity index is 1.58. The number of carboxylic acids is 1. The second kappa shape index (κ2) is 7.99. The van der Waals surface area contributed by atoms with Gasteiger partial charge < -0.3 is 15.3 Å². The minimum Gasteiger partial charge on any atom is -0.479 e. The first-order chi connectivity index (χ1) is 13.6. The molecule has 0 amide bonds. The topological polar surface area (TPSA) is 94.9 Å². The van der Waals surface area contributed by atoms with Crippen molar-refractivity contribution >= 4 is 23.7 Å². The van der Waals surface area contributed by atoms with E-state index >= 15 is 0 Å². The minimum atomic E-state index is -0.977. The lowest BCUT2D eigenvalue weighted by Gasteiger charge is -2.39. The van der Waals surface area contributed by atoms with Crippen LogP contribution in [0, 0.1) is 5.92 Å². The van der Waals surface area contributed by atoms with E-state index in [1.807, 2.05) is 12.1 Å². The van der Waals surface area contributed by atoms with Crippen LogP contribution < -0.4 is 10.2 Å². The fourth-order valence-electron chi connectivity index (χ4n) is 4.36. The second-order valence-corrected chi connectivity index (χ2v) is 8.15. The third kappa shape index (κ3) is 3.81. The summed E-state index contributed by atoms with van der Waals surface area (Å²) in [5, 5.41) is 12.7. The van der Waals surface area contributed by atoms with Crippen LogP contribution in [-0.2, 0) is 9.59 Å². The zero-order valence-corrected chi connectivity index (χ0v) is 16.1. The zero-order chi connectivity index (χ0) is 19.6. The Labute approximate surface area is 165 Å². The van der Waals surface area contributed by atoms with Crippen molar-refractivity contribution in [2.75, 3.05) is 24.5 Å². The van der Waals surface area contributed by atoms with Crippen molar-refractivity contribution in [1.29, 1.82) is 0 Å². The molecule has 2 aliphatic carbocycles. The molecule has 1 saturated heterocycles. The molecule has 2 saturated carbocycles. The number of piperazine rings is 1. The number of pyridine rings is 1. The Morgan fingerprint density at radius 2 is 2.07 bits per heavy atom. The predicted octanol–water partition coefficient (Wildman–Crippen LogP) is 2.05. The maximum atomic E-state index is 13.3. The Bertz CT molecular complexity index is 769. The van der Waals surface area contributed by atoms with Gasteiger partial charge in [0.1, 0.15) is 11.7 Å². The molecule has 7 nitrogen and oxygen atoms in total. The SMILES string of the molecule is O=C(C1CCCCC1)C1CNCCN1c1cccnc1C=NC1(C(=O)O)CC1. The van der Waals surface area contributed by atoms with Crippen LogP contribution in [0.25, 0.3) is 0 Å².